The standard InChI is InChI=1S/C54H47NO/c1-6-15-50(36-16-10-9-11-17-36)55-49(8-3)41-19-12-18-37(30-41)39-26-28-42(34(4)7-2)47(32-39)46-31-38(25-24-35(46)5)40-27-29-43-44-20-13-22-51-53(44)54-45(48(43)33-40)21-14-23-52(54)56-51/h8-14,16-34H,6-7,15H2,1-5H3/b49-8-,55-50?. The van der Waals surface area contributed by atoms with E-state index in [1.807, 2.05) is 0 Å². The molecule has 0 N–H and O–H groups in total. The van der Waals surface area contributed by atoms with Gasteiger partial charge in [-0.05, 0) is 141 Å². The van der Waals surface area contributed by atoms with Crippen molar-refractivity contribution < 1.29 is 4.42 Å². The fraction of sp³-hybridized carbons (Fsp3) is 0.167. The molecule has 0 aliphatic carbocycles. The second kappa shape index (κ2) is 14.8. The normalized spacial score (nSPS) is 13.1. The van der Waals surface area contributed by atoms with E-state index in [4.69, 9.17) is 9.41 Å². The van der Waals surface area contributed by atoms with E-state index in [2.05, 4.69) is 186 Å². The first kappa shape index (κ1) is 35.5. The molecule has 0 aliphatic rings. The maximum atomic E-state index is 6.32. The number of rotatable bonds is 10. The average Bonchev–Trinajstić information content (AvgIpc) is 3.64. The summed E-state index contributed by atoms with van der Waals surface area (Å²) in [5.41, 5.74) is 16.4. The van der Waals surface area contributed by atoms with E-state index in [-0.39, 0.29) is 0 Å². The van der Waals surface area contributed by atoms with Gasteiger partial charge in [-0.25, -0.2) is 0 Å². The minimum absolute atomic E-state index is 0.420. The second-order valence-corrected chi connectivity index (χ2v) is 15.3. The highest BCUT2D eigenvalue weighted by Gasteiger charge is 2.19. The molecule has 1 aromatic heterocycles. The average molecular weight is 726 g/mol. The molecule has 0 fully saturated rings. The number of hydrogen-bond donors (Lipinski definition) is 0. The summed E-state index contributed by atoms with van der Waals surface area (Å²) in [5.74, 6) is 0.420. The summed E-state index contributed by atoms with van der Waals surface area (Å²) in [6.45, 7) is 11.2. The van der Waals surface area contributed by atoms with Gasteiger partial charge in [0.1, 0.15) is 11.2 Å². The smallest absolute Gasteiger partial charge is 0.136 e. The Labute approximate surface area is 330 Å². The van der Waals surface area contributed by atoms with Crippen LogP contribution in [0.3, 0.4) is 0 Å². The van der Waals surface area contributed by atoms with Crippen LogP contribution >= 0.6 is 0 Å². The lowest BCUT2D eigenvalue weighted by Crippen LogP contribution is -2.01. The summed E-state index contributed by atoms with van der Waals surface area (Å²) in [4.78, 5) is 5.25. The van der Waals surface area contributed by atoms with Crippen molar-refractivity contribution in [2.75, 3.05) is 0 Å². The predicted molar refractivity (Wildman–Crippen MR) is 241 cm³/mol. The molecular formula is C54H47NO. The molecular weight excluding hydrogens is 679 g/mol. The highest BCUT2D eigenvalue weighted by atomic mass is 16.3. The number of furan rings is 1. The molecule has 0 bridgehead atoms. The zero-order valence-electron chi connectivity index (χ0n) is 33.0. The van der Waals surface area contributed by atoms with Gasteiger partial charge >= 0.3 is 0 Å². The van der Waals surface area contributed by atoms with Crippen molar-refractivity contribution in [1.29, 1.82) is 0 Å². The number of benzene rings is 8. The van der Waals surface area contributed by atoms with Crippen LogP contribution in [-0.2, 0) is 0 Å². The molecule has 0 aliphatic heterocycles. The van der Waals surface area contributed by atoms with Gasteiger partial charge in [-0.1, -0.05) is 142 Å². The van der Waals surface area contributed by atoms with Gasteiger partial charge in [0.05, 0.1) is 5.70 Å². The first-order chi connectivity index (χ1) is 27.4. The molecule has 1 atom stereocenters. The van der Waals surface area contributed by atoms with Crippen molar-refractivity contribution >= 4 is 54.9 Å². The van der Waals surface area contributed by atoms with Gasteiger partial charge in [-0.15, -0.1) is 0 Å². The monoisotopic (exact) mass is 725 g/mol. The maximum Gasteiger partial charge on any atom is 0.136 e. The molecule has 2 nitrogen and oxygen atoms in total. The van der Waals surface area contributed by atoms with Gasteiger partial charge in [0.25, 0.3) is 0 Å². The molecule has 0 saturated carbocycles. The number of hydrogen-bond acceptors (Lipinski definition) is 2. The Balaban J connectivity index is 1.14. The van der Waals surface area contributed by atoms with Crippen molar-refractivity contribution in [2.45, 2.75) is 59.8 Å². The maximum absolute atomic E-state index is 6.32. The Bertz CT molecular complexity index is 2940. The minimum Gasteiger partial charge on any atom is -0.456 e. The topological polar surface area (TPSA) is 25.5 Å². The fourth-order valence-corrected chi connectivity index (χ4v) is 8.64. The summed E-state index contributed by atoms with van der Waals surface area (Å²) in [6, 6.07) is 53.4. The minimum atomic E-state index is 0.420. The lowest BCUT2D eigenvalue weighted by atomic mass is 9.85. The molecule has 1 heterocycles. The molecule has 9 aromatic rings. The van der Waals surface area contributed by atoms with Crippen molar-refractivity contribution in [2.24, 2.45) is 4.99 Å². The van der Waals surface area contributed by atoms with Crippen LogP contribution in [0.4, 0.5) is 0 Å². The molecule has 1 unspecified atom stereocenters. The molecule has 274 valence electrons. The van der Waals surface area contributed by atoms with E-state index in [0.717, 1.165) is 47.4 Å². The van der Waals surface area contributed by atoms with E-state index >= 15 is 0 Å². The van der Waals surface area contributed by atoms with Gasteiger partial charge in [0, 0.05) is 22.0 Å². The van der Waals surface area contributed by atoms with Crippen LogP contribution in [-0.4, -0.2) is 5.71 Å². The van der Waals surface area contributed by atoms with Crippen molar-refractivity contribution in [3.63, 3.8) is 0 Å². The van der Waals surface area contributed by atoms with Gasteiger partial charge in [0.15, 0.2) is 0 Å². The van der Waals surface area contributed by atoms with Crippen LogP contribution in [0.1, 0.15) is 75.1 Å². The third-order valence-electron chi connectivity index (χ3n) is 11.8. The van der Waals surface area contributed by atoms with E-state index in [1.165, 1.54) is 82.4 Å². The van der Waals surface area contributed by atoms with Gasteiger partial charge < -0.3 is 4.42 Å². The Hall–Kier alpha value is -6.25. The highest BCUT2D eigenvalue weighted by molar-refractivity contribution is 6.33. The van der Waals surface area contributed by atoms with Crippen LogP contribution < -0.4 is 0 Å². The zero-order valence-corrected chi connectivity index (χ0v) is 33.0. The van der Waals surface area contributed by atoms with Gasteiger partial charge in [-0.2, -0.15) is 0 Å². The van der Waals surface area contributed by atoms with E-state index < -0.39 is 0 Å². The number of allylic oxidation sites excluding steroid dienone is 1. The fourth-order valence-electron chi connectivity index (χ4n) is 8.64. The Morgan fingerprint density at radius 2 is 1.21 bits per heavy atom. The summed E-state index contributed by atoms with van der Waals surface area (Å²) in [6.07, 6.45) is 5.19. The lowest BCUT2D eigenvalue weighted by molar-refractivity contribution is 0.669. The van der Waals surface area contributed by atoms with Gasteiger partial charge in [-0.3, -0.25) is 4.99 Å². The first-order valence-corrected chi connectivity index (χ1v) is 20.2. The number of aryl methyl sites for hydroxylation is 1. The third-order valence-corrected chi connectivity index (χ3v) is 11.8. The zero-order chi connectivity index (χ0) is 38.3. The van der Waals surface area contributed by atoms with E-state index in [9.17, 15) is 0 Å². The quantitative estimate of drug-likeness (QED) is 0.102. The first-order valence-electron chi connectivity index (χ1n) is 20.2. The van der Waals surface area contributed by atoms with Crippen LogP contribution in [0.2, 0.25) is 0 Å². The van der Waals surface area contributed by atoms with E-state index in [1.54, 1.807) is 0 Å². The Morgan fingerprint density at radius 3 is 1.93 bits per heavy atom. The summed E-state index contributed by atoms with van der Waals surface area (Å²) in [7, 11) is 0. The Morgan fingerprint density at radius 1 is 0.589 bits per heavy atom. The molecule has 2 heteroatoms. The molecule has 0 amide bonds. The molecule has 9 rings (SSSR count). The number of nitrogens with zero attached hydrogens (tertiary/aromatic N) is 1. The largest absolute Gasteiger partial charge is 0.456 e. The van der Waals surface area contributed by atoms with Crippen molar-refractivity contribution in [3.8, 4) is 33.4 Å². The third kappa shape index (κ3) is 6.20. The Kier molecular flexibility index (Phi) is 9.35. The summed E-state index contributed by atoms with van der Waals surface area (Å²) >= 11 is 0. The van der Waals surface area contributed by atoms with Crippen molar-refractivity contribution in [1.82, 2.24) is 0 Å². The predicted octanol–water partition coefficient (Wildman–Crippen LogP) is 15.8. The van der Waals surface area contributed by atoms with Crippen LogP contribution in [0, 0.1) is 6.92 Å². The second-order valence-electron chi connectivity index (χ2n) is 15.3. The number of fused-ring (bicyclic) bond motifs is 3. The summed E-state index contributed by atoms with van der Waals surface area (Å²) < 4.78 is 6.32. The molecule has 0 saturated heterocycles. The van der Waals surface area contributed by atoms with Crippen molar-refractivity contribution in [3.05, 3.63) is 174 Å². The SMILES string of the molecule is C/C=C(\N=C(CCC)c1ccccc1)c1cccc(-c2ccc(C(C)CC)c(-c3cc(-c4ccc5c(c4)c4cccc6oc7cccc5c7c64)ccc3C)c2)c1. The molecule has 56 heavy (non-hydrogen) atoms. The van der Waals surface area contributed by atoms with Crippen LogP contribution in [0.5, 0.6) is 0 Å². The summed E-state index contributed by atoms with van der Waals surface area (Å²) in [5, 5.41) is 7.45. The van der Waals surface area contributed by atoms with E-state index in [0.29, 0.717) is 5.92 Å². The molecule has 8 aromatic carbocycles. The molecule has 0 spiro atoms. The molecule has 0 radical (unpaired) electrons. The van der Waals surface area contributed by atoms with Crippen LogP contribution in [0.15, 0.2) is 161 Å². The van der Waals surface area contributed by atoms with Gasteiger partial charge in [0.2, 0.25) is 0 Å². The lowest BCUT2D eigenvalue weighted by Gasteiger charge is -2.20. The van der Waals surface area contributed by atoms with Crippen LogP contribution in [0.25, 0.3) is 82.6 Å². The highest BCUT2D eigenvalue weighted by Crippen LogP contribution is 2.44. The number of aliphatic imine (C=N–C) groups is 1.